The van der Waals surface area contributed by atoms with Crippen LogP contribution in [0.1, 0.15) is 66.4 Å². The van der Waals surface area contributed by atoms with E-state index in [9.17, 15) is 19.2 Å². The highest BCUT2D eigenvalue weighted by Crippen LogP contribution is 2.33. The number of carbonyl (C=O) groups is 4. The van der Waals surface area contributed by atoms with Crippen molar-refractivity contribution in [1.82, 2.24) is 0 Å². The number of hydrogen-bond donors (Lipinski definition) is 0. The standard InChI is InChI=1S/C46H38O10/c1-3-27-5-9-29(10-6-27)43(47)53-37-19-17-31-21-35(15-13-33(31)23-37)45(49)55-39-25-51-42-40(26-52-41(39)42)56-46(50)36-16-14-34-24-38(20-18-32(34)22-36)54-44(48)30-11-7-28(4-2)8-12-30/h5-24,39-42H,3-4,25-26H2,1-2H3. The van der Waals surface area contributed by atoms with Crippen LogP contribution in [0, 0.1) is 0 Å². The fraction of sp³-hybridized carbons (Fsp3) is 0.217. The van der Waals surface area contributed by atoms with Crippen molar-refractivity contribution in [3.8, 4) is 11.5 Å². The van der Waals surface area contributed by atoms with Crippen LogP contribution in [0.5, 0.6) is 11.5 Å². The van der Waals surface area contributed by atoms with Gasteiger partial charge >= 0.3 is 23.9 Å². The average molecular weight is 751 g/mol. The summed E-state index contributed by atoms with van der Waals surface area (Å²) < 4.78 is 34.7. The summed E-state index contributed by atoms with van der Waals surface area (Å²) in [6.07, 6.45) is -0.830. The molecule has 2 heterocycles. The summed E-state index contributed by atoms with van der Waals surface area (Å²) in [5.74, 6) is -1.20. The first-order chi connectivity index (χ1) is 27.2. The molecular formula is C46H38O10. The summed E-state index contributed by atoms with van der Waals surface area (Å²) in [4.78, 5) is 51.8. The molecule has 0 aromatic heterocycles. The first kappa shape index (κ1) is 36.6. The Morgan fingerprint density at radius 1 is 0.464 bits per heavy atom. The molecule has 0 bridgehead atoms. The van der Waals surface area contributed by atoms with Gasteiger partial charge in [0.15, 0.2) is 12.2 Å². The zero-order valence-corrected chi connectivity index (χ0v) is 30.8. The summed E-state index contributed by atoms with van der Waals surface area (Å²) in [5.41, 5.74) is 3.87. The molecule has 0 N–H and O–H groups in total. The van der Waals surface area contributed by atoms with E-state index in [1.54, 1.807) is 97.1 Å². The Hall–Kier alpha value is -6.36. The summed E-state index contributed by atoms with van der Waals surface area (Å²) in [6, 6.07) is 35.3. The van der Waals surface area contributed by atoms with Gasteiger partial charge in [-0.2, -0.15) is 0 Å². The van der Waals surface area contributed by atoms with E-state index in [2.05, 4.69) is 13.8 Å². The van der Waals surface area contributed by atoms with Gasteiger partial charge in [-0.05, 0) is 118 Å². The molecule has 282 valence electrons. The highest BCUT2D eigenvalue weighted by atomic mass is 16.7. The second-order valence-electron chi connectivity index (χ2n) is 13.8. The highest BCUT2D eigenvalue weighted by Gasteiger charge is 2.51. The lowest BCUT2D eigenvalue weighted by atomic mass is 10.1. The minimum absolute atomic E-state index is 0.0888. The Kier molecular flexibility index (Phi) is 10.3. The molecule has 10 heteroatoms. The molecule has 4 unspecified atom stereocenters. The second-order valence-corrected chi connectivity index (χ2v) is 13.8. The van der Waals surface area contributed by atoms with Gasteiger partial charge in [-0.1, -0.05) is 62.4 Å². The van der Waals surface area contributed by atoms with Crippen LogP contribution in [-0.2, 0) is 31.8 Å². The maximum Gasteiger partial charge on any atom is 0.343 e. The van der Waals surface area contributed by atoms with E-state index in [-0.39, 0.29) is 13.2 Å². The Balaban J connectivity index is 0.851. The maximum atomic E-state index is 13.2. The van der Waals surface area contributed by atoms with E-state index in [0.29, 0.717) is 33.8 Å². The molecule has 2 aliphatic rings. The van der Waals surface area contributed by atoms with E-state index in [1.807, 2.05) is 24.3 Å². The summed E-state index contributed by atoms with van der Waals surface area (Å²) >= 11 is 0. The fourth-order valence-electron chi connectivity index (χ4n) is 6.96. The summed E-state index contributed by atoms with van der Waals surface area (Å²) in [7, 11) is 0. The largest absolute Gasteiger partial charge is 0.453 e. The molecule has 2 aliphatic heterocycles. The van der Waals surface area contributed by atoms with Gasteiger partial charge in [0, 0.05) is 0 Å². The predicted octanol–water partition coefficient (Wildman–Crippen LogP) is 8.10. The van der Waals surface area contributed by atoms with Gasteiger partial charge < -0.3 is 28.4 Å². The van der Waals surface area contributed by atoms with Crippen LogP contribution in [0.25, 0.3) is 21.5 Å². The summed E-state index contributed by atoms with van der Waals surface area (Å²) in [6.45, 7) is 4.28. The van der Waals surface area contributed by atoms with Crippen molar-refractivity contribution < 1.29 is 47.6 Å². The first-order valence-electron chi connectivity index (χ1n) is 18.6. The van der Waals surface area contributed by atoms with Crippen LogP contribution >= 0.6 is 0 Å². The number of aryl methyl sites for hydroxylation is 2. The second kappa shape index (κ2) is 15.8. The van der Waals surface area contributed by atoms with Gasteiger partial charge in [0.05, 0.1) is 35.5 Å². The van der Waals surface area contributed by atoms with Crippen molar-refractivity contribution in [1.29, 1.82) is 0 Å². The van der Waals surface area contributed by atoms with Crippen LogP contribution in [0.15, 0.2) is 121 Å². The molecule has 0 radical (unpaired) electrons. The van der Waals surface area contributed by atoms with Crippen LogP contribution in [-0.4, -0.2) is 61.5 Å². The van der Waals surface area contributed by atoms with Crippen molar-refractivity contribution in [2.45, 2.75) is 51.1 Å². The van der Waals surface area contributed by atoms with Crippen molar-refractivity contribution in [3.63, 3.8) is 0 Å². The van der Waals surface area contributed by atoms with Gasteiger partial charge in [-0.3, -0.25) is 0 Å². The molecule has 56 heavy (non-hydrogen) atoms. The highest BCUT2D eigenvalue weighted by molar-refractivity contribution is 5.98. The third-order valence-electron chi connectivity index (χ3n) is 10.2. The molecule has 6 aromatic carbocycles. The third kappa shape index (κ3) is 7.75. The number of fused-ring (bicyclic) bond motifs is 3. The van der Waals surface area contributed by atoms with Crippen molar-refractivity contribution >= 4 is 45.4 Å². The van der Waals surface area contributed by atoms with Gasteiger partial charge in [-0.15, -0.1) is 0 Å². The fourth-order valence-corrected chi connectivity index (χ4v) is 6.96. The zero-order chi connectivity index (χ0) is 38.8. The predicted molar refractivity (Wildman–Crippen MR) is 207 cm³/mol. The molecule has 2 saturated heterocycles. The van der Waals surface area contributed by atoms with Crippen molar-refractivity contribution in [2.75, 3.05) is 13.2 Å². The Bertz CT molecular complexity index is 2280. The lowest BCUT2D eigenvalue weighted by Crippen LogP contribution is -2.36. The third-order valence-corrected chi connectivity index (χ3v) is 10.2. The number of ether oxygens (including phenoxy) is 6. The van der Waals surface area contributed by atoms with Crippen molar-refractivity contribution in [2.24, 2.45) is 0 Å². The summed E-state index contributed by atoms with van der Waals surface area (Å²) in [5, 5.41) is 3.10. The SMILES string of the molecule is CCc1ccc(C(=O)Oc2ccc3cc(C(=O)OC4COC5C(OC(=O)c6ccc7cc(OC(=O)c8ccc(CC)cc8)ccc7c6)COC45)ccc3c2)cc1. The minimum atomic E-state index is -0.695. The lowest BCUT2D eigenvalue weighted by Gasteiger charge is -2.17. The number of hydrogen-bond acceptors (Lipinski definition) is 10. The van der Waals surface area contributed by atoms with Gasteiger partial charge in [-0.25, -0.2) is 19.2 Å². The van der Waals surface area contributed by atoms with Gasteiger partial charge in [0.1, 0.15) is 23.7 Å². The van der Waals surface area contributed by atoms with E-state index in [1.165, 1.54) is 0 Å². The number of esters is 4. The molecule has 4 atom stereocenters. The maximum absolute atomic E-state index is 13.2. The number of rotatable bonds is 10. The molecule has 0 spiro atoms. The van der Waals surface area contributed by atoms with Gasteiger partial charge in [0.25, 0.3) is 0 Å². The number of benzene rings is 6. The molecule has 2 fully saturated rings. The molecule has 0 amide bonds. The van der Waals surface area contributed by atoms with E-state index < -0.39 is 48.3 Å². The molecule has 6 aromatic rings. The Labute approximate surface area is 322 Å². The zero-order valence-electron chi connectivity index (χ0n) is 30.8. The topological polar surface area (TPSA) is 124 Å². The van der Waals surface area contributed by atoms with Crippen LogP contribution in [0.4, 0.5) is 0 Å². The minimum Gasteiger partial charge on any atom is -0.453 e. The lowest BCUT2D eigenvalue weighted by molar-refractivity contribution is -0.0287. The quantitative estimate of drug-likeness (QED) is 0.100. The van der Waals surface area contributed by atoms with Gasteiger partial charge in [0.2, 0.25) is 0 Å². The molecule has 10 nitrogen and oxygen atoms in total. The molecule has 0 aliphatic carbocycles. The monoisotopic (exact) mass is 750 g/mol. The Morgan fingerprint density at radius 2 is 0.821 bits per heavy atom. The Morgan fingerprint density at radius 3 is 1.21 bits per heavy atom. The molecular weight excluding hydrogens is 712 g/mol. The van der Waals surface area contributed by atoms with E-state index in [0.717, 1.165) is 45.5 Å². The van der Waals surface area contributed by atoms with Crippen LogP contribution in [0.2, 0.25) is 0 Å². The number of carbonyl (C=O) groups excluding carboxylic acids is 4. The van der Waals surface area contributed by atoms with Crippen LogP contribution < -0.4 is 9.47 Å². The van der Waals surface area contributed by atoms with E-state index >= 15 is 0 Å². The average Bonchev–Trinajstić information content (AvgIpc) is 3.82. The van der Waals surface area contributed by atoms with Crippen molar-refractivity contribution in [3.05, 3.63) is 155 Å². The molecule has 8 rings (SSSR count). The smallest absolute Gasteiger partial charge is 0.343 e. The normalized spacial score (nSPS) is 18.7. The molecule has 0 saturated carbocycles. The van der Waals surface area contributed by atoms with E-state index in [4.69, 9.17) is 28.4 Å². The van der Waals surface area contributed by atoms with Crippen LogP contribution in [0.3, 0.4) is 0 Å². The first-order valence-corrected chi connectivity index (χ1v) is 18.6.